The van der Waals surface area contributed by atoms with Crippen LogP contribution >= 0.6 is 15.9 Å². The third-order valence-electron chi connectivity index (χ3n) is 1.96. The van der Waals surface area contributed by atoms with Crippen molar-refractivity contribution in [1.82, 2.24) is 9.78 Å². The molecule has 0 spiro atoms. The van der Waals surface area contributed by atoms with Gasteiger partial charge < -0.3 is 5.11 Å². The number of aryl methyl sites for hydroxylation is 1. The van der Waals surface area contributed by atoms with Gasteiger partial charge in [-0.05, 0) is 21.8 Å². The number of aliphatic carboxylic acids is 1. The molecule has 0 atom stereocenters. The number of hydrogen-bond donors (Lipinski definition) is 1. The van der Waals surface area contributed by atoms with Gasteiger partial charge in [0, 0.05) is 5.56 Å². The molecular weight excluding hydrogens is 248 g/mol. The third-order valence-corrected chi connectivity index (χ3v) is 2.83. The fourth-order valence-electron chi connectivity index (χ4n) is 1.13. The molecule has 1 N–H and O–H groups in total. The van der Waals surface area contributed by atoms with E-state index in [1.54, 1.807) is 10.9 Å². The van der Waals surface area contributed by atoms with Crippen LogP contribution in [0.4, 0.5) is 0 Å². The molecule has 0 saturated heterocycles. The summed E-state index contributed by atoms with van der Waals surface area (Å²) in [6.07, 6.45) is 1.87. The number of carboxylic acids is 1. The molecule has 0 amide bonds. The van der Waals surface area contributed by atoms with Gasteiger partial charge in [-0.2, -0.15) is 5.10 Å². The fourth-order valence-corrected chi connectivity index (χ4v) is 1.96. The van der Waals surface area contributed by atoms with E-state index < -0.39 is 5.97 Å². The minimum absolute atomic E-state index is 0.0951. The van der Waals surface area contributed by atoms with Crippen LogP contribution in [0.1, 0.15) is 31.7 Å². The van der Waals surface area contributed by atoms with E-state index in [1.807, 2.05) is 0 Å². The van der Waals surface area contributed by atoms with Gasteiger partial charge in [0.15, 0.2) is 0 Å². The molecule has 1 heterocycles. The van der Waals surface area contributed by atoms with Gasteiger partial charge in [-0.1, -0.05) is 13.8 Å². The second-order valence-electron chi connectivity index (χ2n) is 3.41. The molecule has 1 aromatic rings. The zero-order chi connectivity index (χ0) is 10.7. The summed E-state index contributed by atoms with van der Waals surface area (Å²) in [6, 6.07) is 0. The first-order valence-electron chi connectivity index (χ1n) is 4.45. The highest BCUT2D eigenvalue weighted by Gasteiger charge is 2.11. The number of carboxylic acid groups (broad SMARTS) is 1. The van der Waals surface area contributed by atoms with Crippen LogP contribution in [-0.4, -0.2) is 20.9 Å². The van der Waals surface area contributed by atoms with E-state index in [1.165, 1.54) is 0 Å². The van der Waals surface area contributed by atoms with E-state index in [-0.39, 0.29) is 6.42 Å². The zero-order valence-corrected chi connectivity index (χ0v) is 9.78. The van der Waals surface area contributed by atoms with Crippen LogP contribution in [0.3, 0.4) is 0 Å². The van der Waals surface area contributed by atoms with E-state index in [4.69, 9.17) is 5.11 Å². The lowest BCUT2D eigenvalue weighted by molar-refractivity contribution is -0.137. The molecular formula is C9H13BrN2O2. The van der Waals surface area contributed by atoms with E-state index in [0.717, 1.165) is 10.2 Å². The van der Waals surface area contributed by atoms with Gasteiger partial charge in [0.25, 0.3) is 0 Å². The number of rotatable bonds is 4. The second-order valence-corrected chi connectivity index (χ2v) is 4.16. The largest absolute Gasteiger partial charge is 0.481 e. The number of halogens is 1. The minimum Gasteiger partial charge on any atom is -0.481 e. The SMILES string of the molecule is CC(C)c1cnn(CCC(=O)O)c1Br. The van der Waals surface area contributed by atoms with Crippen molar-refractivity contribution >= 4 is 21.9 Å². The lowest BCUT2D eigenvalue weighted by atomic mass is 10.1. The molecule has 78 valence electrons. The molecule has 0 aliphatic rings. The molecule has 0 aliphatic heterocycles. The Morgan fingerprint density at radius 2 is 2.36 bits per heavy atom. The highest BCUT2D eigenvalue weighted by Crippen LogP contribution is 2.24. The summed E-state index contributed by atoms with van der Waals surface area (Å²) in [5, 5.41) is 12.6. The smallest absolute Gasteiger partial charge is 0.305 e. The molecule has 0 aromatic carbocycles. The molecule has 1 rings (SSSR count). The van der Waals surface area contributed by atoms with E-state index in [9.17, 15) is 4.79 Å². The molecule has 0 saturated carbocycles. The second kappa shape index (κ2) is 4.59. The van der Waals surface area contributed by atoms with Gasteiger partial charge in [-0.15, -0.1) is 0 Å². The predicted octanol–water partition coefficient (Wildman–Crippen LogP) is 2.24. The quantitative estimate of drug-likeness (QED) is 0.904. The maximum Gasteiger partial charge on any atom is 0.305 e. The van der Waals surface area contributed by atoms with Crippen molar-refractivity contribution in [3.63, 3.8) is 0 Å². The first-order valence-corrected chi connectivity index (χ1v) is 5.24. The Morgan fingerprint density at radius 3 is 2.79 bits per heavy atom. The normalized spacial score (nSPS) is 10.9. The lowest BCUT2D eigenvalue weighted by Gasteiger charge is -2.04. The Bertz CT molecular complexity index is 334. The summed E-state index contributed by atoms with van der Waals surface area (Å²) < 4.78 is 2.55. The third kappa shape index (κ3) is 2.57. The summed E-state index contributed by atoms with van der Waals surface area (Å²) in [7, 11) is 0. The van der Waals surface area contributed by atoms with Crippen molar-refractivity contribution in [3.05, 3.63) is 16.4 Å². The number of hydrogen-bond acceptors (Lipinski definition) is 2. The van der Waals surface area contributed by atoms with Crippen molar-refractivity contribution in [2.24, 2.45) is 0 Å². The summed E-state index contributed by atoms with van der Waals surface area (Å²) in [4.78, 5) is 10.4. The maximum atomic E-state index is 10.4. The van der Waals surface area contributed by atoms with E-state index in [2.05, 4.69) is 34.9 Å². The average molecular weight is 261 g/mol. The zero-order valence-electron chi connectivity index (χ0n) is 8.20. The highest BCUT2D eigenvalue weighted by molar-refractivity contribution is 9.10. The summed E-state index contributed by atoms with van der Waals surface area (Å²) in [5.74, 6) is -0.415. The van der Waals surface area contributed by atoms with Crippen LogP contribution in [0, 0.1) is 0 Å². The number of carbonyl (C=O) groups is 1. The van der Waals surface area contributed by atoms with Gasteiger partial charge in [-0.25, -0.2) is 0 Å². The Hall–Kier alpha value is -0.840. The molecule has 4 nitrogen and oxygen atoms in total. The molecule has 0 radical (unpaired) electrons. The Kier molecular flexibility index (Phi) is 3.69. The molecule has 5 heteroatoms. The topological polar surface area (TPSA) is 55.1 Å². The number of aromatic nitrogens is 2. The summed E-state index contributed by atoms with van der Waals surface area (Å²) in [5.41, 5.74) is 1.11. The van der Waals surface area contributed by atoms with Gasteiger partial charge in [0.05, 0.1) is 19.2 Å². The van der Waals surface area contributed by atoms with Crippen molar-refractivity contribution in [2.75, 3.05) is 0 Å². The van der Waals surface area contributed by atoms with Gasteiger partial charge in [0.1, 0.15) is 4.60 Å². The van der Waals surface area contributed by atoms with Crippen LogP contribution < -0.4 is 0 Å². The Balaban J connectivity index is 2.74. The molecule has 0 aliphatic carbocycles. The van der Waals surface area contributed by atoms with Crippen molar-refractivity contribution in [1.29, 1.82) is 0 Å². The molecule has 1 aromatic heterocycles. The molecule has 0 bridgehead atoms. The van der Waals surface area contributed by atoms with Gasteiger partial charge in [-0.3, -0.25) is 9.48 Å². The van der Waals surface area contributed by atoms with Crippen molar-refractivity contribution < 1.29 is 9.90 Å². The van der Waals surface area contributed by atoms with Crippen LogP contribution in [0.5, 0.6) is 0 Å². The lowest BCUT2D eigenvalue weighted by Crippen LogP contribution is -2.06. The molecule has 0 fully saturated rings. The maximum absolute atomic E-state index is 10.4. The first-order chi connectivity index (χ1) is 6.52. The molecule has 0 unspecified atom stereocenters. The molecule has 14 heavy (non-hydrogen) atoms. The Morgan fingerprint density at radius 1 is 1.71 bits per heavy atom. The van der Waals surface area contributed by atoms with Crippen molar-refractivity contribution in [3.8, 4) is 0 Å². The summed E-state index contributed by atoms with van der Waals surface area (Å²) >= 11 is 3.41. The van der Waals surface area contributed by atoms with Crippen molar-refractivity contribution in [2.45, 2.75) is 32.7 Å². The van der Waals surface area contributed by atoms with Crippen LogP contribution in [0.2, 0.25) is 0 Å². The van der Waals surface area contributed by atoms with Crippen LogP contribution in [0.15, 0.2) is 10.8 Å². The fraction of sp³-hybridized carbons (Fsp3) is 0.556. The highest BCUT2D eigenvalue weighted by atomic mass is 79.9. The number of nitrogens with zero attached hydrogens (tertiary/aromatic N) is 2. The van der Waals surface area contributed by atoms with Gasteiger partial charge in [0.2, 0.25) is 0 Å². The Labute approximate surface area is 91.1 Å². The monoisotopic (exact) mass is 260 g/mol. The summed E-state index contributed by atoms with van der Waals surface area (Å²) in [6.45, 7) is 4.55. The van der Waals surface area contributed by atoms with Gasteiger partial charge >= 0.3 is 5.97 Å². The van der Waals surface area contributed by atoms with E-state index >= 15 is 0 Å². The van der Waals surface area contributed by atoms with Crippen LogP contribution in [-0.2, 0) is 11.3 Å². The standard InChI is InChI=1S/C9H13BrN2O2/c1-6(2)7-5-11-12(9(7)10)4-3-8(13)14/h5-6H,3-4H2,1-2H3,(H,13,14). The van der Waals surface area contributed by atoms with E-state index in [0.29, 0.717) is 12.5 Å². The predicted molar refractivity (Wildman–Crippen MR) is 56.3 cm³/mol. The first kappa shape index (κ1) is 11.2. The average Bonchev–Trinajstić information content (AvgIpc) is 2.43. The van der Waals surface area contributed by atoms with Crippen LogP contribution in [0.25, 0.3) is 0 Å². The minimum atomic E-state index is -0.807.